The van der Waals surface area contributed by atoms with Gasteiger partial charge < -0.3 is 9.84 Å². The Balaban J connectivity index is 2.15. The SMILES string of the molecule is CC1CCCC(Oc2ncc(F)cc2C(=O)O)C1. The van der Waals surface area contributed by atoms with Gasteiger partial charge in [0.2, 0.25) is 5.88 Å². The van der Waals surface area contributed by atoms with E-state index in [1.807, 2.05) is 0 Å². The van der Waals surface area contributed by atoms with Crippen LogP contribution in [0.25, 0.3) is 0 Å². The van der Waals surface area contributed by atoms with Crippen LogP contribution in [0.3, 0.4) is 0 Å². The number of nitrogens with zero attached hydrogens (tertiary/aromatic N) is 1. The van der Waals surface area contributed by atoms with E-state index in [2.05, 4.69) is 11.9 Å². The number of pyridine rings is 1. The summed E-state index contributed by atoms with van der Waals surface area (Å²) < 4.78 is 18.6. The molecule has 18 heavy (non-hydrogen) atoms. The molecular formula is C13H16FNO3. The molecule has 1 aliphatic carbocycles. The topological polar surface area (TPSA) is 59.4 Å². The zero-order valence-corrected chi connectivity index (χ0v) is 10.2. The first-order chi connectivity index (χ1) is 8.56. The smallest absolute Gasteiger partial charge is 0.341 e. The Bertz CT molecular complexity index is 450. The van der Waals surface area contributed by atoms with Crippen molar-refractivity contribution in [1.82, 2.24) is 4.98 Å². The molecule has 0 radical (unpaired) electrons. The highest BCUT2D eigenvalue weighted by Crippen LogP contribution is 2.28. The number of ether oxygens (including phenoxy) is 1. The summed E-state index contributed by atoms with van der Waals surface area (Å²) >= 11 is 0. The number of halogens is 1. The standard InChI is InChI=1S/C13H16FNO3/c1-8-3-2-4-10(5-8)18-12-11(13(16)17)6-9(14)7-15-12/h6-8,10H,2-5H2,1H3,(H,16,17). The fourth-order valence-corrected chi connectivity index (χ4v) is 2.32. The minimum Gasteiger partial charge on any atom is -0.477 e. The molecule has 2 atom stereocenters. The van der Waals surface area contributed by atoms with E-state index in [1.54, 1.807) is 0 Å². The van der Waals surface area contributed by atoms with Crippen molar-refractivity contribution in [2.45, 2.75) is 38.7 Å². The highest BCUT2D eigenvalue weighted by molar-refractivity contribution is 5.90. The number of aromatic carboxylic acids is 1. The maximum atomic E-state index is 13.0. The Labute approximate surface area is 105 Å². The molecule has 1 saturated carbocycles. The second kappa shape index (κ2) is 5.33. The molecule has 0 spiro atoms. The van der Waals surface area contributed by atoms with Gasteiger partial charge >= 0.3 is 5.97 Å². The molecule has 1 fully saturated rings. The number of hydrogen-bond donors (Lipinski definition) is 1. The third kappa shape index (κ3) is 2.97. The van der Waals surface area contributed by atoms with Crippen LogP contribution in [0, 0.1) is 11.7 Å². The van der Waals surface area contributed by atoms with Gasteiger partial charge in [-0.1, -0.05) is 13.3 Å². The van der Waals surface area contributed by atoms with Crippen LogP contribution in [0.5, 0.6) is 5.88 Å². The number of carboxylic acids is 1. The van der Waals surface area contributed by atoms with Crippen LogP contribution in [-0.2, 0) is 0 Å². The minimum atomic E-state index is -1.22. The Hall–Kier alpha value is -1.65. The lowest BCUT2D eigenvalue weighted by atomic mass is 9.89. The monoisotopic (exact) mass is 253 g/mol. The molecule has 98 valence electrons. The zero-order chi connectivity index (χ0) is 13.1. The van der Waals surface area contributed by atoms with Crippen LogP contribution in [0.15, 0.2) is 12.3 Å². The van der Waals surface area contributed by atoms with Gasteiger partial charge in [-0.2, -0.15) is 0 Å². The van der Waals surface area contributed by atoms with Gasteiger partial charge in [-0.3, -0.25) is 0 Å². The molecule has 2 rings (SSSR count). The van der Waals surface area contributed by atoms with E-state index in [9.17, 15) is 9.18 Å². The lowest BCUT2D eigenvalue weighted by Gasteiger charge is -2.27. The van der Waals surface area contributed by atoms with Gasteiger partial charge in [0.25, 0.3) is 0 Å². The Morgan fingerprint density at radius 2 is 2.33 bits per heavy atom. The average Bonchev–Trinajstić information content (AvgIpc) is 2.31. The van der Waals surface area contributed by atoms with Gasteiger partial charge in [-0.15, -0.1) is 0 Å². The van der Waals surface area contributed by atoms with Crippen molar-refractivity contribution in [2.75, 3.05) is 0 Å². The van der Waals surface area contributed by atoms with Crippen molar-refractivity contribution >= 4 is 5.97 Å². The van der Waals surface area contributed by atoms with Gasteiger partial charge in [0.05, 0.1) is 6.20 Å². The molecule has 0 bridgehead atoms. The molecule has 1 N–H and O–H groups in total. The molecule has 0 amide bonds. The highest BCUT2D eigenvalue weighted by Gasteiger charge is 2.23. The van der Waals surface area contributed by atoms with E-state index >= 15 is 0 Å². The number of hydrogen-bond acceptors (Lipinski definition) is 3. The third-order valence-electron chi connectivity index (χ3n) is 3.21. The molecule has 4 nitrogen and oxygen atoms in total. The predicted octanol–water partition coefficient (Wildman–Crippen LogP) is 2.88. The summed E-state index contributed by atoms with van der Waals surface area (Å²) in [6.45, 7) is 2.14. The van der Waals surface area contributed by atoms with E-state index in [0.29, 0.717) is 5.92 Å². The maximum Gasteiger partial charge on any atom is 0.341 e. The van der Waals surface area contributed by atoms with E-state index in [0.717, 1.165) is 31.5 Å². The van der Waals surface area contributed by atoms with Crippen LogP contribution in [-0.4, -0.2) is 22.2 Å². The maximum absolute atomic E-state index is 13.0. The normalized spacial score (nSPS) is 23.7. The van der Waals surface area contributed by atoms with Crippen LogP contribution in [0.2, 0.25) is 0 Å². The molecular weight excluding hydrogens is 237 g/mol. The van der Waals surface area contributed by atoms with Crippen molar-refractivity contribution < 1.29 is 19.0 Å². The fraction of sp³-hybridized carbons (Fsp3) is 0.538. The summed E-state index contributed by atoms with van der Waals surface area (Å²) in [6, 6.07) is 0.941. The Kier molecular flexibility index (Phi) is 3.79. The lowest BCUT2D eigenvalue weighted by Crippen LogP contribution is -2.25. The summed E-state index contributed by atoms with van der Waals surface area (Å²) in [6.07, 6.45) is 4.97. The predicted molar refractivity (Wildman–Crippen MR) is 63.2 cm³/mol. The summed E-state index contributed by atoms with van der Waals surface area (Å²) in [5, 5.41) is 8.98. The fourth-order valence-electron chi connectivity index (χ4n) is 2.32. The summed E-state index contributed by atoms with van der Waals surface area (Å²) in [4.78, 5) is 14.7. The number of aromatic nitrogens is 1. The Morgan fingerprint density at radius 1 is 1.56 bits per heavy atom. The number of carbonyl (C=O) groups is 1. The summed E-state index contributed by atoms with van der Waals surface area (Å²) in [7, 11) is 0. The van der Waals surface area contributed by atoms with E-state index in [4.69, 9.17) is 9.84 Å². The highest BCUT2D eigenvalue weighted by atomic mass is 19.1. The quantitative estimate of drug-likeness (QED) is 0.899. The van der Waals surface area contributed by atoms with Gasteiger partial charge in [-0.25, -0.2) is 14.2 Å². The van der Waals surface area contributed by atoms with E-state index < -0.39 is 11.8 Å². The zero-order valence-electron chi connectivity index (χ0n) is 10.2. The van der Waals surface area contributed by atoms with Crippen molar-refractivity contribution in [3.8, 4) is 5.88 Å². The largest absolute Gasteiger partial charge is 0.477 e. The summed E-state index contributed by atoms with van der Waals surface area (Å²) in [5.41, 5.74) is -0.215. The first-order valence-corrected chi connectivity index (χ1v) is 6.11. The number of carboxylic acid groups (broad SMARTS) is 1. The molecule has 0 aliphatic heterocycles. The molecule has 5 heteroatoms. The second-order valence-corrected chi connectivity index (χ2v) is 4.82. The molecule has 0 aromatic carbocycles. The Morgan fingerprint density at radius 3 is 3.00 bits per heavy atom. The third-order valence-corrected chi connectivity index (χ3v) is 3.21. The minimum absolute atomic E-state index is 0.0167. The molecule has 1 heterocycles. The lowest BCUT2D eigenvalue weighted by molar-refractivity contribution is 0.0679. The molecule has 0 saturated heterocycles. The summed E-state index contributed by atoms with van der Waals surface area (Å²) in [5.74, 6) is -1.31. The first kappa shape index (κ1) is 12.8. The van der Waals surface area contributed by atoms with Gasteiger partial charge in [0.1, 0.15) is 17.5 Å². The first-order valence-electron chi connectivity index (χ1n) is 6.11. The number of rotatable bonds is 3. The van der Waals surface area contributed by atoms with Crippen molar-refractivity contribution in [1.29, 1.82) is 0 Å². The van der Waals surface area contributed by atoms with Crippen molar-refractivity contribution in [3.63, 3.8) is 0 Å². The average molecular weight is 253 g/mol. The van der Waals surface area contributed by atoms with Crippen LogP contribution in [0.4, 0.5) is 4.39 Å². The molecule has 2 unspecified atom stereocenters. The van der Waals surface area contributed by atoms with Crippen molar-refractivity contribution in [3.05, 3.63) is 23.6 Å². The second-order valence-electron chi connectivity index (χ2n) is 4.82. The van der Waals surface area contributed by atoms with Gasteiger partial charge in [-0.05, 0) is 31.2 Å². The van der Waals surface area contributed by atoms with E-state index in [-0.39, 0.29) is 17.5 Å². The molecule has 1 aromatic rings. The van der Waals surface area contributed by atoms with Crippen LogP contribution >= 0.6 is 0 Å². The van der Waals surface area contributed by atoms with Gasteiger partial charge in [0.15, 0.2) is 0 Å². The molecule has 1 aromatic heterocycles. The van der Waals surface area contributed by atoms with Crippen molar-refractivity contribution in [2.24, 2.45) is 5.92 Å². The van der Waals surface area contributed by atoms with Crippen LogP contribution in [0.1, 0.15) is 43.0 Å². The van der Waals surface area contributed by atoms with Crippen LogP contribution < -0.4 is 4.74 Å². The molecule has 1 aliphatic rings. The van der Waals surface area contributed by atoms with E-state index in [1.165, 1.54) is 6.42 Å². The van der Waals surface area contributed by atoms with Gasteiger partial charge in [0, 0.05) is 0 Å².